The van der Waals surface area contributed by atoms with Crippen molar-refractivity contribution in [2.45, 2.75) is 213 Å². The largest absolute Gasteiger partial charge is 0.311 e. The monoisotopic (exact) mass is 1120 g/mol. The third-order valence-electron chi connectivity index (χ3n) is 22.8. The smallest absolute Gasteiger partial charge is 0.252 e. The molecule has 0 aromatic heterocycles. The maximum absolute atomic E-state index is 2.77. The van der Waals surface area contributed by atoms with Crippen molar-refractivity contribution in [3.05, 3.63) is 201 Å². The van der Waals surface area contributed by atoms with E-state index in [1.807, 2.05) is 0 Å². The molecule has 2 heterocycles. The maximum Gasteiger partial charge on any atom is 0.252 e. The van der Waals surface area contributed by atoms with Gasteiger partial charge in [-0.1, -0.05) is 197 Å². The minimum absolute atomic E-state index is 0.00154. The Morgan fingerprint density at radius 1 is 0.376 bits per heavy atom. The van der Waals surface area contributed by atoms with Crippen LogP contribution >= 0.6 is 0 Å². The van der Waals surface area contributed by atoms with Crippen LogP contribution in [0.25, 0.3) is 11.1 Å². The Bertz CT molecular complexity index is 4100. The molecule has 0 saturated heterocycles. The van der Waals surface area contributed by atoms with Crippen LogP contribution in [0.1, 0.15) is 217 Å². The van der Waals surface area contributed by atoms with E-state index in [1.54, 1.807) is 0 Å². The molecule has 0 unspecified atom stereocenters. The Labute approximate surface area is 511 Å². The van der Waals surface area contributed by atoms with Crippen molar-refractivity contribution in [3.8, 4) is 11.1 Å². The van der Waals surface area contributed by atoms with Crippen LogP contribution in [0, 0.1) is 13.8 Å². The number of hydrogen-bond acceptors (Lipinski definition) is 3. The zero-order valence-corrected chi connectivity index (χ0v) is 54.9. The molecule has 8 aromatic carbocycles. The summed E-state index contributed by atoms with van der Waals surface area (Å²) in [4.78, 5) is 8.11. The molecule has 4 aliphatic carbocycles. The van der Waals surface area contributed by atoms with Gasteiger partial charge in [0.1, 0.15) is 0 Å². The molecule has 6 aliphatic rings. The van der Waals surface area contributed by atoms with E-state index in [0.717, 1.165) is 37.8 Å². The normalized spacial score (nSPS) is 19.8. The summed E-state index contributed by atoms with van der Waals surface area (Å²) in [6.45, 7) is 46.6. The van der Waals surface area contributed by atoms with Gasteiger partial charge in [0, 0.05) is 50.9 Å². The van der Waals surface area contributed by atoms with E-state index >= 15 is 0 Å². The van der Waals surface area contributed by atoms with Crippen molar-refractivity contribution in [2.75, 3.05) is 14.7 Å². The van der Waals surface area contributed by atoms with Crippen molar-refractivity contribution >= 4 is 74.3 Å². The van der Waals surface area contributed by atoms with Gasteiger partial charge in [-0.25, -0.2) is 0 Å². The predicted octanol–water partition coefficient (Wildman–Crippen LogP) is 20.5. The third kappa shape index (κ3) is 8.32. The molecule has 0 fully saturated rings. The van der Waals surface area contributed by atoms with Gasteiger partial charge in [0.05, 0.1) is 5.69 Å². The van der Waals surface area contributed by atoms with Crippen LogP contribution in [-0.4, -0.2) is 6.71 Å². The number of rotatable bonds is 5. The summed E-state index contributed by atoms with van der Waals surface area (Å²) in [5.74, 6) is 0. The summed E-state index contributed by atoms with van der Waals surface area (Å²) in [7, 11) is 0. The molecule has 0 N–H and O–H groups in total. The Morgan fingerprint density at radius 3 is 1.20 bits per heavy atom. The van der Waals surface area contributed by atoms with Gasteiger partial charge in [-0.3, -0.25) is 0 Å². The summed E-state index contributed by atoms with van der Waals surface area (Å²) in [5.41, 5.74) is 33.6. The molecule has 14 rings (SSSR count). The zero-order valence-electron chi connectivity index (χ0n) is 54.9. The molecule has 0 amide bonds. The summed E-state index contributed by atoms with van der Waals surface area (Å²) >= 11 is 0. The summed E-state index contributed by atoms with van der Waals surface area (Å²) in [5, 5.41) is 0. The molecule has 2 aliphatic heterocycles. The molecule has 85 heavy (non-hydrogen) atoms. The lowest BCUT2D eigenvalue weighted by molar-refractivity contribution is 0.332. The first kappa shape index (κ1) is 56.1. The quantitative estimate of drug-likeness (QED) is 0.159. The first-order valence-corrected chi connectivity index (χ1v) is 32.3. The SMILES string of the molecule is Cc1ccccc1N(c1cc2c3c(c1)N(c1ccc4c(c1)C(C)(C)c1cc(C(C)(C)C)ccc1-4)c1cc4c(cc1B3c1cc3c(cc1N2c1ccc2c(c1)C(C)(C)CCC2(C)C)C(C)(C)CCC3(C)C)C(C)(C)CCC4(C)C)c1ccccc1C. The standard InChI is InChI=1S/C81H92BN3/c1-49-24-20-22-26-67(49)85(68-27-23-21-25-50(68)2)54-43-71-73-72(44-54)84(53-30-33-57-60(42-53)76(8,9)35-34-75(57,6)7)70-48-64-62(78(12,13)37-39-80(64,16)17)46-66(70)82(73)65-45-61-63(79(14,15)38-36-77(61,10)11)47-69(65)83(71)52-29-32-56-55-31-28-51(74(3,4)5)40-58(55)81(18,19)59(56)41-52/h20-33,40-48H,34-39H2,1-19H3. The van der Waals surface area contributed by atoms with Gasteiger partial charge in [0.25, 0.3) is 6.71 Å². The van der Waals surface area contributed by atoms with Gasteiger partial charge < -0.3 is 14.7 Å². The number of hydrogen-bond donors (Lipinski definition) is 0. The first-order chi connectivity index (χ1) is 39.8. The lowest BCUT2D eigenvalue weighted by Gasteiger charge is -2.49. The molecule has 8 aromatic rings. The number of para-hydroxylation sites is 2. The van der Waals surface area contributed by atoms with Crippen molar-refractivity contribution in [1.82, 2.24) is 0 Å². The maximum atomic E-state index is 2.77. The van der Waals surface area contributed by atoms with E-state index < -0.39 is 0 Å². The van der Waals surface area contributed by atoms with E-state index in [9.17, 15) is 0 Å². The van der Waals surface area contributed by atoms with E-state index in [2.05, 4.69) is 286 Å². The lowest BCUT2D eigenvalue weighted by Crippen LogP contribution is -2.62. The van der Waals surface area contributed by atoms with Gasteiger partial charge in [-0.05, 0) is 240 Å². The summed E-state index contributed by atoms with van der Waals surface area (Å²) < 4.78 is 0. The van der Waals surface area contributed by atoms with Crippen LogP contribution in [0.3, 0.4) is 0 Å². The van der Waals surface area contributed by atoms with Crippen LogP contribution in [0.5, 0.6) is 0 Å². The van der Waals surface area contributed by atoms with Crippen LogP contribution < -0.4 is 31.1 Å². The zero-order chi connectivity index (χ0) is 60.2. The highest BCUT2D eigenvalue weighted by molar-refractivity contribution is 7.00. The Kier molecular flexibility index (Phi) is 12.0. The molecule has 0 bridgehead atoms. The third-order valence-corrected chi connectivity index (χ3v) is 22.8. The minimum atomic E-state index is -0.219. The molecule has 0 atom stereocenters. The number of fused-ring (bicyclic) bond motifs is 10. The molecule has 434 valence electrons. The molecular weight excluding hydrogens is 1030 g/mol. The summed E-state index contributed by atoms with van der Waals surface area (Å²) in [6.07, 6.45) is 6.95. The average molecular weight is 1120 g/mol. The number of anilines is 9. The minimum Gasteiger partial charge on any atom is -0.311 e. The predicted molar refractivity (Wildman–Crippen MR) is 367 cm³/mol. The van der Waals surface area contributed by atoms with Crippen LogP contribution in [0.15, 0.2) is 140 Å². The van der Waals surface area contributed by atoms with Crippen molar-refractivity contribution in [1.29, 1.82) is 0 Å². The van der Waals surface area contributed by atoms with Gasteiger partial charge >= 0.3 is 0 Å². The fourth-order valence-electron chi connectivity index (χ4n) is 16.9. The van der Waals surface area contributed by atoms with Crippen molar-refractivity contribution < 1.29 is 0 Å². The lowest BCUT2D eigenvalue weighted by atomic mass is 9.32. The highest BCUT2D eigenvalue weighted by Gasteiger charge is 2.50. The Balaban J connectivity index is 1.15. The van der Waals surface area contributed by atoms with Gasteiger partial charge in [0.15, 0.2) is 0 Å². The molecular formula is C81H92BN3. The summed E-state index contributed by atoms with van der Waals surface area (Å²) in [6, 6.07) is 56.7. The molecule has 4 heteroatoms. The fourth-order valence-corrected chi connectivity index (χ4v) is 16.9. The van der Waals surface area contributed by atoms with E-state index in [0.29, 0.717) is 0 Å². The fraction of sp³-hybridized carbons (Fsp3) is 0.407. The van der Waals surface area contributed by atoms with Crippen molar-refractivity contribution in [3.63, 3.8) is 0 Å². The number of aryl methyl sites for hydroxylation is 2. The first-order valence-electron chi connectivity index (χ1n) is 32.3. The van der Waals surface area contributed by atoms with E-state index in [4.69, 9.17) is 0 Å². The topological polar surface area (TPSA) is 9.72 Å². The van der Waals surface area contributed by atoms with E-state index in [1.165, 1.54) is 141 Å². The van der Waals surface area contributed by atoms with Gasteiger partial charge in [0.2, 0.25) is 0 Å². The van der Waals surface area contributed by atoms with Gasteiger partial charge in [-0.15, -0.1) is 0 Å². The van der Waals surface area contributed by atoms with Crippen LogP contribution in [0.4, 0.5) is 51.2 Å². The molecule has 0 saturated carbocycles. The highest BCUT2D eigenvalue weighted by atomic mass is 15.2. The van der Waals surface area contributed by atoms with Gasteiger partial charge in [-0.2, -0.15) is 0 Å². The second kappa shape index (κ2) is 18.2. The Morgan fingerprint density at radius 2 is 0.753 bits per heavy atom. The van der Waals surface area contributed by atoms with Crippen molar-refractivity contribution in [2.24, 2.45) is 0 Å². The molecule has 3 nitrogen and oxygen atoms in total. The molecule has 0 spiro atoms. The second-order valence-electron chi connectivity index (χ2n) is 32.7. The molecule has 0 radical (unpaired) electrons. The van der Waals surface area contributed by atoms with E-state index in [-0.39, 0.29) is 50.0 Å². The van der Waals surface area contributed by atoms with Crippen LogP contribution in [-0.2, 0) is 43.3 Å². The second-order valence-corrected chi connectivity index (χ2v) is 32.7. The average Bonchev–Trinajstić information content (AvgIpc) is 0.998. The number of nitrogens with zero attached hydrogens (tertiary/aromatic N) is 3. The Hall–Kier alpha value is -6.78. The number of benzene rings is 8. The highest BCUT2D eigenvalue weighted by Crippen LogP contribution is 2.58. The van der Waals surface area contributed by atoms with Crippen LogP contribution in [0.2, 0.25) is 0 Å².